The number of methoxy groups -OCH3 is 1. The number of aromatic amines is 1. The first-order chi connectivity index (χ1) is 14.1. The van der Waals surface area contributed by atoms with Gasteiger partial charge in [-0.05, 0) is 37.1 Å². The second-order valence-corrected chi connectivity index (χ2v) is 7.02. The summed E-state index contributed by atoms with van der Waals surface area (Å²) in [6.45, 7) is 2.82. The van der Waals surface area contributed by atoms with Crippen molar-refractivity contribution in [3.8, 4) is 16.9 Å². The van der Waals surface area contributed by atoms with Gasteiger partial charge in [0.05, 0.1) is 19.0 Å². The van der Waals surface area contributed by atoms with Crippen LogP contribution in [-0.2, 0) is 12.8 Å². The van der Waals surface area contributed by atoms with E-state index in [4.69, 9.17) is 4.74 Å². The lowest BCUT2D eigenvalue weighted by Gasteiger charge is -2.20. The van der Waals surface area contributed by atoms with E-state index in [-0.39, 0.29) is 11.5 Å². The number of carbonyl (C=O) groups excluding carboxylic acids is 1. The highest BCUT2D eigenvalue weighted by Crippen LogP contribution is 2.29. The van der Waals surface area contributed by atoms with Crippen LogP contribution in [0.5, 0.6) is 5.75 Å². The molecule has 3 aromatic rings. The summed E-state index contributed by atoms with van der Waals surface area (Å²) in [4.78, 5) is 38.3. The maximum Gasteiger partial charge on any atom is 0.254 e. The fourth-order valence-corrected chi connectivity index (χ4v) is 3.69. The number of nitrogens with one attached hydrogen (secondary N) is 1. The summed E-state index contributed by atoms with van der Waals surface area (Å²) in [6.07, 6.45) is 4.47. The number of amides is 1. The third-order valence-corrected chi connectivity index (χ3v) is 5.20. The number of fused-ring (bicyclic) bond motifs is 1. The van der Waals surface area contributed by atoms with Crippen LogP contribution < -0.4 is 10.3 Å². The Morgan fingerprint density at radius 1 is 1.14 bits per heavy atom. The molecule has 1 N–H and O–H groups in total. The van der Waals surface area contributed by atoms with E-state index in [0.29, 0.717) is 48.6 Å². The van der Waals surface area contributed by atoms with Gasteiger partial charge in [0.25, 0.3) is 11.5 Å². The molecule has 29 heavy (non-hydrogen) atoms. The first-order valence-electron chi connectivity index (χ1n) is 9.53. The summed E-state index contributed by atoms with van der Waals surface area (Å²) in [5.74, 6) is 1.25. The topological polar surface area (TPSA) is 88.2 Å². The molecule has 0 aliphatic carbocycles. The molecule has 0 spiro atoms. The van der Waals surface area contributed by atoms with E-state index in [1.165, 1.54) is 0 Å². The molecule has 0 atom stereocenters. The Morgan fingerprint density at radius 3 is 2.66 bits per heavy atom. The fourth-order valence-electron chi connectivity index (χ4n) is 3.69. The fraction of sp³-hybridized carbons (Fsp3) is 0.273. The molecular formula is C22H22N4O3. The molecule has 148 valence electrons. The molecule has 7 nitrogen and oxygen atoms in total. The lowest BCUT2D eigenvalue weighted by atomic mass is 10.0. The first-order valence-corrected chi connectivity index (χ1v) is 9.53. The van der Waals surface area contributed by atoms with Crippen LogP contribution in [0.2, 0.25) is 0 Å². The Hall–Kier alpha value is -3.48. The van der Waals surface area contributed by atoms with Gasteiger partial charge in [-0.2, -0.15) is 0 Å². The predicted octanol–water partition coefficient (Wildman–Crippen LogP) is 2.39. The Balaban J connectivity index is 1.53. The molecular weight excluding hydrogens is 368 g/mol. The largest absolute Gasteiger partial charge is 0.494 e. The highest BCUT2D eigenvalue weighted by molar-refractivity contribution is 5.95. The number of nitrogens with zero attached hydrogens (tertiary/aromatic N) is 3. The molecule has 7 heteroatoms. The molecule has 4 rings (SSSR count). The maximum atomic E-state index is 13.0. The smallest absolute Gasteiger partial charge is 0.254 e. The molecule has 2 aromatic heterocycles. The molecule has 0 radical (unpaired) electrons. The van der Waals surface area contributed by atoms with E-state index in [2.05, 4.69) is 15.0 Å². The van der Waals surface area contributed by atoms with Gasteiger partial charge in [0, 0.05) is 42.4 Å². The van der Waals surface area contributed by atoms with Crippen molar-refractivity contribution in [1.82, 2.24) is 19.9 Å². The van der Waals surface area contributed by atoms with Gasteiger partial charge in [-0.25, -0.2) is 4.98 Å². The summed E-state index contributed by atoms with van der Waals surface area (Å²) in [6, 6.07) is 9.35. The number of carbonyl (C=O) groups is 1. The van der Waals surface area contributed by atoms with Crippen LogP contribution in [0.25, 0.3) is 11.1 Å². The average Bonchev–Trinajstić information content (AvgIpc) is 2.96. The van der Waals surface area contributed by atoms with Gasteiger partial charge < -0.3 is 14.6 Å². The summed E-state index contributed by atoms with van der Waals surface area (Å²) in [5.41, 5.74) is 3.87. The summed E-state index contributed by atoms with van der Waals surface area (Å²) in [5, 5.41) is 0. The van der Waals surface area contributed by atoms with Crippen molar-refractivity contribution >= 4 is 5.91 Å². The Kier molecular flexibility index (Phi) is 5.12. The minimum Gasteiger partial charge on any atom is -0.494 e. The molecule has 3 heterocycles. The van der Waals surface area contributed by atoms with Crippen molar-refractivity contribution < 1.29 is 9.53 Å². The van der Waals surface area contributed by atoms with Crippen LogP contribution in [-0.4, -0.2) is 46.0 Å². The number of pyridine rings is 1. The van der Waals surface area contributed by atoms with Crippen molar-refractivity contribution in [2.24, 2.45) is 0 Å². The van der Waals surface area contributed by atoms with Crippen LogP contribution in [0.3, 0.4) is 0 Å². The summed E-state index contributed by atoms with van der Waals surface area (Å²) >= 11 is 0. The van der Waals surface area contributed by atoms with Gasteiger partial charge in [0.1, 0.15) is 11.6 Å². The van der Waals surface area contributed by atoms with E-state index in [0.717, 1.165) is 16.8 Å². The standard InChI is InChI=1S/C22H22N4O3/c1-14-24-19-9-12-26(11-8-18(19)21(27)25-14)22(28)16-5-3-15(4-6-16)17-7-10-23-13-20(17)29-2/h3-7,10,13H,8-9,11-12H2,1-2H3,(H,24,25,27). The zero-order chi connectivity index (χ0) is 20.4. The van der Waals surface area contributed by atoms with E-state index in [1.54, 1.807) is 31.3 Å². The number of benzene rings is 1. The summed E-state index contributed by atoms with van der Waals surface area (Å²) in [7, 11) is 1.61. The van der Waals surface area contributed by atoms with Crippen molar-refractivity contribution in [1.29, 1.82) is 0 Å². The minimum absolute atomic E-state index is 0.0424. The second-order valence-electron chi connectivity index (χ2n) is 7.02. The monoisotopic (exact) mass is 390 g/mol. The van der Waals surface area contributed by atoms with Gasteiger partial charge in [0.15, 0.2) is 0 Å². The van der Waals surface area contributed by atoms with Gasteiger partial charge in [0.2, 0.25) is 0 Å². The van der Waals surface area contributed by atoms with E-state index in [1.807, 2.05) is 30.3 Å². The van der Waals surface area contributed by atoms with Crippen LogP contribution in [0.1, 0.15) is 27.4 Å². The average molecular weight is 390 g/mol. The highest BCUT2D eigenvalue weighted by atomic mass is 16.5. The molecule has 1 aliphatic rings. The number of hydrogen-bond donors (Lipinski definition) is 1. The van der Waals surface area contributed by atoms with Gasteiger partial charge in [-0.3, -0.25) is 14.6 Å². The molecule has 1 amide bonds. The minimum atomic E-state index is -0.0996. The van der Waals surface area contributed by atoms with Gasteiger partial charge in [-0.15, -0.1) is 0 Å². The van der Waals surface area contributed by atoms with Crippen LogP contribution in [0.4, 0.5) is 0 Å². The Labute approximate surface area is 168 Å². The molecule has 0 saturated heterocycles. The number of aryl methyl sites for hydroxylation is 1. The zero-order valence-corrected chi connectivity index (χ0v) is 16.4. The number of aromatic nitrogens is 3. The second kappa shape index (κ2) is 7.87. The molecule has 0 saturated carbocycles. The zero-order valence-electron chi connectivity index (χ0n) is 16.4. The lowest BCUT2D eigenvalue weighted by molar-refractivity contribution is 0.0763. The highest BCUT2D eigenvalue weighted by Gasteiger charge is 2.22. The van der Waals surface area contributed by atoms with Crippen LogP contribution in [0, 0.1) is 6.92 Å². The maximum absolute atomic E-state index is 13.0. The van der Waals surface area contributed by atoms with Crippen LogP contribution in [0.15, 0.2) is 47.5 Å². The molecule has 0 fully saturated rings. The van der Waals surface area contributed by atoms with E-state index < -0.39 is 0 Å². The van der Waals surface area contributed by atoms with Crippen molar-refractivity contribution in [2.75, 3.05) is 20.2 Å². The van der Waals surface area contributed by atoms with Crippen molar-refractivity contribution in [2.45, 2.75) is 19.8 Å². The predicted molar refractivity (Wildman–Crippen MR) is 109 cm³/mol. The van der Waals surface area contributed by atoms with Gasteiger partial charge >= 0.3 is 0 Å². The third-order valence-electron chi connectivity index (χ3n) is 5.20. The molecule has 1 aromatic carbocycles. The Morgan fingerprint density at radius 2 is 1.90 bits per heavy atom. The summed E-state index contributed by atoms with van der Waals surface area (Å²) < 4.78 is 5.36. The van der Waals surface area contributed by atoms with Crippen LogP contribution >= 0.6 is 0 Å². The SMILES string of the molecule is COc1cnccc1-c1ccc(C(=O)N2CCc3nc(C)[nH]c(=O)c3CC2)cc1. The first kappa shape index (κ1) is 18.9. The number of rotatable bonds is 3. The van der Waals surface area contributed by atoms with E-state index in [9.17, 15) is 9.59 Å². The quantitative estimate of drug-likeness (QED) is 0.742. The third kappa shape index (κ3) is 3.76. The number of H-pyrrole nitrogens is 1. The molecule has 0 unspecified atom stereocenters. The number of ether oxygens (including phenoxy) is 1. The Bertz CT molecular complexity index is 1110. The van der Waals surface area contributed by atoms with Crippen molar-refractivity contribution in [3.63, 3.8) is 0 Å². The van der Waals surface area contributed by atoms with E-state index >= 15 is 0 Å². The molecule has 0 bridgehead atoms. The normalized spacial score (nSPS) is 13.5. The molecule has 1 aliphatic heterocycles. The van der Waals surface area contributed by atoms with Crippen molar-refractivity contribution in [3.05, 3.63) is 75.7 Å². The number of hydrogen-bond acceptors (Lipinski definition) is 5. The lowest BCUT2D eigenvalue weighted by Crippen LogP contribution is -2.33. The van der Waals surface area contributed by atoms with Gasteiger partial charge in [-0.1, -0.05) is 12.1 Å².